The number of ether oxygens (including phenoxy) is 1. The molecule has 2 heterocycles. The molecule has 2 aromatic carbocycles. The molecule has 1 saturated carbocycles. The van der Waals surface area contributed by atoms with Gasteiger partial charge >= 0.3 is 0 Å². The number of hydrogen-bond acceptors (Lipinski definition) is 3. The third-order valence-electron chi connectivity index (χ3n) is 6.36. The Hall–Kier alpha value is -2.43. The fourth-order valence-electron chi connectivity index (χ4n) is 4.69. The van der Waals surface area contributed by atoms with E-state index in [2.05, 4.69) is 59.5 Å². The zero-order valence-corrected chi connectivity index (χ0v) is 16.7. The normalized spacial score (nSPS) is 25.5. The Bertz CT molecular complexity index is 876. The summed E-state index contributed by atoms with van der Waals surface area (Å²) in [4.78, 5) is 18.0. The molecule has 150 valence electrons. The van der Waals surface area contributed by atoms with Crippen LogP contribution in [0.4, 0.5) is 0 Å². The molecule has 0 N–H and O–H groups in total. The minimum Gasteiger partial charge on any atom is -0.365 e. The molecular weight excluding hydrogens is 360 g/mol. The molecule has 2 fully saturated rings. The summed E-state index contributed by atoms with van der Waals surface area (Å²) in [5.41, 5.74) is 3.78. The number of rotatable bonds is 4. The van der Waals surface area contributed by atoms with Crippen molar-refractivity contribution in [3.63, 3.8) is 0 Å². The second-order valence-corrected chi connectivity index (χ2v) is 8.25. The maximum Gasteiger partial charge on any atom is 0.253 e. The third kappa shape index (κ3) is 3.87. The zero-order chi connectivity index (χ0) is 19.6. The summed E-state index contributed by atoms with van der Waals surface area (Å²) in [7, 11) is 0. The van der Waals surface area contributed by atoms with Crippen LogP contribution in [-0.2, 0) is 9.53 Å². The molecule has 0 bridgehead atoms. The monoisotopic (exact) mass is 388 g/mol. The first-order chi connectivity index (χ1) is 14.3. The van der Waals surface area contributed by atoms with Crippen LogP contribution < -0.4 is 0 Å². The van der Waals surface area contributed by atoms with Crippen LogP contribution in [0.15, 0.2) is 66.7 Å². The summed E-state index contributed by atoms with van der Waals surface area (Å²) in [5, 5.41) is 0. The molecule has 2 aliphatic heterocycles. The predicted octanol–water partition coefficient (Wildman–Crippen LogP) is 3.91. The minimum atomic E-state index is -0.418. The van der Waals surface area contributed by atoms with Gasteiger partial charge in [-0.25, -0.2) is 0 Å². The number of carbonyl (C=O) groups is 1. The number of carbonyl (C=O) groups excluding carboxylic acids is 1. The molecule has 0 spiro atoms. The summed E-state index contributed by atoms with van der Waals surface area (Å²) in [6.07, 6.45) is 5.15. The van der Waals surface area contributed by atoms with Gasteiger partial charge in [-0.15, -0.1) is 0 Å². The van der Waals surface area contributed by atoms with Gasteiger partial charge in [0.25, 0.3) is 5.91 Å². The highest BCUT2D eigenvalue weighted by atomic mass is 16.5. The molecule has 2 aromatic rings. The molecule has 4 heteroatoms. The van der Waals surface area contributed by atoms with Crippen molar-refractivity contribution in [1.29, 1.82) is 0 Å². The Morgan fingerprint density at radius 1 is 0.931 bits per heavy atom. The SMILES string of the molecule is O=C(C1OCCN(C2CC2)C1c1ccccc1)N1CC=C(c2ccccc2)CC1. The first kappa shape index (κ1) is 18.6. The van der Waals surface area contributed by atoms with Gasteiger partial charge in [-0.3, -0.25) is 9.69 Å². The molecule has 0 aromatic heterocycles. The number of morpholine rings is 1. The number of amides is 1. The van der Waals surface area contributed by atoms with E-state index in [9.17, 15) is 4.79 Å². The maximum absolute atomic E-state index is 13.5. The van der Waals surface area contributed by atoms with Crippen LogP contribution in [-0.4, -0.2) is 54.1 Å². The molecule has 1 saturated heterocycles. The van der Waals surface area contributed by atoms with Crippen LogP contribution in [0.25, 0.3) is 5.57 Å². The van der Waals surface area contributed by atoms with Gasteiger partial charge in [0.15, 0.2) is 6.10 Å². The molecule has 3 aliphatic rings. The summed E-state index contributed by atoms with van der Waals surface area (Å²) in [6.45, 7) is 2.96. The van der Waals surface area contributed by atoms with E-state index in [4.69, 9.17) is 4.74 Å². The summed E-state index contributed by atoms with van der Waals surface area (Å²) in [6, 6.07) is 21.5. The van der Waals surface area contributed by atoms with Gasteiger partial charge in [-0.1, -0.05) is 66.7 Å². The summed E-state index contributed by atoms with van der Waals surface area (Å²) >= 11 is 0. The van der Waals surface area contributed by atoms with Crippen LogP contribution in [0.5, 0.6) is 0 Å². The predicted molar refractivity (Wildman–Crippen MR) is 114 cm³/mol. The average molecular weight is 389 g/mol. The van der Waals surface area contributed by atoms with Crippen molar-refractivity contribution in [3.8, 4) is 0 Å². The number of benzene rings is 2. The Morgan fingerprint density at radius 2 is 1.66 bits per heavy atom. The Labute approximate surface area is 172 Å². The fourth-order valence-corrected chi connectivity index (χ4v) is 4.69. The zero-order valence-electron chi connectivity index (χ0n) is 16.7. The van der Waals surface area contributed by atoms with E-state index in [-0.39, 0.29) is 11.9 Å². The van der Waals surface area contributed by atoms with Crippen LogP contribution >= 0.6 is 0 Å². The lowest BCUT2D eigenvalue weighted by Gasteiger charge is -2.43. The third-order valence-corrected chi connectivity index (χ3v) is 6.36. The van der Waals surface area contributed by atoms with Gasteiger partial charge in [0.1, 0.15) is 0 Å². The van der Waals surface area contributed by atoms with Crippen molar-refractivity contribution in [2.24, 2.45) is 0 Å². The molecular formula is C25H28N2O2. The maximum atomic E-state index is 13.5. The molecule has 2 atom stereocenters. The van der Waals surface area contributed by atoms with Crippen molar-refractivity contribution in [3.05, 3.63) is 77.9 Å². The Balaban J connectivity index is 1.36. The van der Waals surface area contributed by atoms with Crippen LogP contribution in [0, 0.1) is 0 Å². The second-order valence-electron chi connectivity index (χ2n) is 8.25. The quantitative estimate of drug-likeness (QED) is 0.796. The molecule has 4 nitrogen and oxygen atoms in total. The first-order valence-electron chi connectivity index (χ1n) is 10.8. The number of nitrogens with zero attached hydrogens (tertiary/aromatic N) is 2. The molecule has 2 unspecified atom stereocenters. The van der Waals surface area contributed by atoms with E-state index in [1.165, 1.54) is 29.5 Å². The topological polar surface area (TPSA) is 32.8 Å². The standard InChI is InChI=1S/C25H28N2O2/c28-25(26-15-13-20(14-16-26)19-7-3-1-4-8-19)24-23(21-9-5-2-6-10-21)27(17-18-29-24)22-11-12-22/h1-10,13,22-24H,11-12,14-18H2. The van der Waals surface area contributed by atoms with E-state index in [0.717, 1.165) is 19.5 Å². The van der Waals surface area contributed by atoms with Crippen LogP contribution in [0.3, 0.4) is 0 Å². The van der Waals surface area contributed by atoms with Crippen LogP contribution in [0.1, 0.15) is 36.4 Å². The molecule has 5 rings (SSSR count). The van der Waals surface area contributed by atoms with Crippen LogP contribution in [0.2, 0.25) is 0 Å². The van der Waals surface area contributed by atoms with Crippen molar-refractivity contribution in [1.82, 2.24) is 9.80 Å². The molecule has 29 heavy (non-hydrogen) atoms. The van der Waals surface area contributed by atoms with Gasteiger partial charge < -0.3 is 9.64 Å². The van der Waals surface area contributed by atoms with Gasteiger partial charge in [0, 0.05) is 25.7 Å². The van der Waals surface area contributed by atoms with Crippen molar-refractivity contribution in [2.45, 2.75) is 37.5 Å². The highest BCUT2D eigenvalue weighted by Crippen LogP contribution is 2.39. The molecule has 1 amide bonds. The lowest BCUT2D eigenvalue weighted by molar-refractivity contribution is -0.156. The Kier molecular flexibility index (Phi) is 5.21. The second kappa shape index (κ2) is 8.13. The molecule has 0 radical (unpaired) electrons. The summed E-state index contributed by atoms with van der Waals surface area (Å²) in [5.74, 6) is 0.132. The van der Waals surface area contributed by atoms with E-state index < -0.39 is 6.10 Å². The summed E-state index contributed by atoms with van der Waals surface area (Å²) < 4.78 is 6.13. The lowest BCUT2D eigenvalue weighted by Crippen LogP contribution is -2.54. The van der Waals surface area contributed by atoms with E-state index in [1.807, 2.05) is 17.0 Å². The van der Waals surface area contributed by atoms with Crippen molar-refractivity contribution in [2.75, 3.05) is 26.2 Å². The molecule has 1 aliphatic carbocycles. The van der Waals surface area contributed by atoms with E-state index >= 15 is 0 Å². The van der Waals surface area contributed by atoms with Gasteiger partial charge in [-0.05, 0) is 36.0 Å². The lowest BCUT2D eigenvalue weighted by atomic mass is 9.95. The van der Waals surface area contributed by atoms with Gasteiger partial charge in [-0.2, -0.15) is 0 Å². The largest absolute Gasteiger partial charge is 0.365 e. The number of hydrogen-bond donors (Lipinski definition) is 0. The fraction of sp³-hybridized carbons (Fsp3) is 0.400. The minimum absolute atomic E-state index is 0.0180. The highest BCUT2D eigenvalue weighted by molar-refractivity contribution is 5.83. The Morgan fingerprint density at radius 3 is 2.31 bits per heavy atom. The van der Waals surface area contributed by atoms with Gasteiger partial charge in [0.2, 0.25) is 0 Å². The van der Waals surface area contributed by atoms with Gasteiger partial charge in [0.05, 0.1) is 12.6 Å². The van der Waals surface area contributed by atoms with Crippen molar-refractivity contribution < 1.29 is 9.53 Å². The van der Waals surface area contributed by atoms with Crippen molar-refractivity contribution >= 4 is 11.5 Å². The highest BCUT2D eigenvalue weighted by Gasteiger charge is 2.45. The average Bonchev–Trinajstić information content (AvgIpc) is 3.65. The van der Waals surface area contributed by atoms with E-state index in [1.54, 1.807) is 0 Å². The first-order valence-corrected chi connectivity index (χ1v) is 10.8. The smallest absolute Gasteiger partial charge is 0.253 e. The van der Waals surface area contributed by atoms with E-state index in [0.29, 0.717) is 19.2 Å².